The number of rotatable bonds is 20. The lowest BCUT2D eigenvalue weighted by atomic mass is 10.1. The summed E-state index contributed by atoms with van der Waals surface area (Å²) in [5.74, 6) is -0.781. The van der Waals surface area contributed by atoms with Crippen molar-refractivity contribution in [1.82, 2.24) is 15.1 Å². The standard InChI is InChI=1S/C22H45N3O3/c1-4-5-6-7-8-9-10-11-12-13-14-15-16-23-21(26)19-24(2)17-18-25(3)20-22(27)28/h4-20H2,1-3H3,(H,23,26)(H,27,28). The number of carboxylic acids is 1. The Labute approximate surface area is 173 Å². The molecule has 28 heavy (non-hydrogen) atoms. The van der Waals surface area contributed by atoms with Crippen molar-refractivity contribution in [2.45, 2.75) is 84.0 Å². The monoisotopic (exact) mass is 399 g/mol. The second-order valence-corrected chi connectivity index (χ2v) is 8.11. The molecule has 0 saturated carbocycles. The van der Waals surface area contributed by atoms with Gasteiger partial charge in [0.05, 0.1) is 13.1 Å². The number of likely N-dealkylation sites (N-methyl/N-ethyl adjacent to an activating group) is 2. The van der Waals surface area contributed by atoms with Crippen LogP contribution in [-0.4, -0.2) is 73.6 Å². The molecule has 0 unspecified atom stereocenters. The van der Waals surface area contributed by atoms with Crippen LogP contribution in [0.15, 0.2) is 0 Å². The molecule has 0 aromatic carbocycles. The highest BCUT2D eigenvalue weighted by Crippen LogP contribution is 2.11. The van der Waals surface area contributed by atoms with Gasteiger partial charge in [0.15, 0.2) is 0 Å². The Kier molecular flexibility index (Phi) is 18.4. The predicted octanol–water partition coefficient (Wildman–Crippen LogP) is 3.75. The van der Waals surface area contributed by atoms with Crippen LogP contribution in [0.1, 0.15) is 84.0 Å². The molecule has 0 aliphatic heterocycles. The number of amides is 1. The molecule has 0 rings (SSSR count). The normalized spacial score (nSPS) is 11.3. The van der Waals surface area contributed by atoms with E-state index in [1.165, 1.54) is 70.6 Å². The van der Waals surface area contributed by atoms with E-state index in [1.807, 2.05) is 11.9 Å². The van der Waals surface area contributed by atoms with Crippen LogP contribution in [0.5, 0.6) is 0 Å². The maximum atomic E-state index is 11.9. The second-order valence-electron chi connectivity index (χ2n) is 8.11. The van der Waals surface area contributed by atoms with Gasteiger partial charge in [0, 0.05) is 19.6 Å². The molecule has 0 aliphatic carbocycles. The van der Waals surface area contributed by atoms with Gasteiger partial charge in [0.2, 0.25) is 5.91 Å². The van der Waals surface area contributed by atoms with Gasteiger partial charge in [0.1, 0.15) is 0 Å². The highest BCUT2D eigenvalue weighted by Gasteiger charge is 2.08. The Morgan fingerprint density at radius 2 is 1.14 bits per heavy atom. The molecule has 0 bridgehead atoms. The Bertz CT molecular complexity index is 391. The maximum Gasteiger partial charge on any atom is 0.317 e. The Hall–Kier alpha value is -1.14. The van der Waals surface area contributed by atoms with E-state index in [0.29, 0.717) is 19.6 Å². The average molecular weight is 400 g/mol. The molecule has 0 heterocycles. The fourth-order valence-corrected chi connectivity index (χ4v) is 3.23. The number of hydrogen-bond donors (Lipinski definition) is 2. The zero-order chi connectivity index (χ0) is 21.0. The SMILES string of the molecule is CCCCCCCCCCCCCCNC(=O)CN(C)CCN(C)CC(=O)O. The van der Waals surface area contributed by atoms with Crippen LogP contribution in [0, 0.1) is 0 Å². The smallest absolute Gasteiger partial charge is 0.317 e. The minimum Gasteiger partial charge on any atom is -0.480 e. The summed E-state index contributed by atoms with van der Waals surface area (Å²) < 4.78 is 0. The summed E-state index contributed by atoms with van der Waals surface area (Å²) in [7, 11) is 3.66. The first-order valence-electron chi connectivity index (χ1n) is 11.3. The van der Waals surface area contributed by atoms with E-state index >= 15 is 0 Å². The van der Waals surface area contributed by atoms with Gasteiger partial charge in [-0.15, -0.1) is 0 Å². The molecule has 0 aromatic rings. The first-order valence-corrected chi connectivity index (χ1v) is 11.3. The number of unbranched alkanes of at least 4 members (excludes halogenated alkanes) is 11. The molecule has 6 nitrogen and oxygen atoms in total. The number of carbonyl (C=O) groups excluding carboxylic acids is 1. The molecule has 0 aromatic heterocycles. The van der Waals surface area contributed by atoms with Crippen LogP contribution in [0.25, 0.3) is 0 Å². The van der Waals surface area contributed by atoms with Crippen molar-refractivity contribution < 1.29 is 14.7 Å². The molecule has 0 aliphatic rings. The Morgan fingerprint density at radius 1 is 0.714 bits per heavy atom. The zero-order valence-corrected chi connectivity index (χ0v) is 18.7. The molecule has 1 amide bonds. The minimum absolute atomic E-state index is 0.0268. The van der Waals surface area contributed by atoms with E-state index in [1.54, 1.807) is 11.9 Å². The lowest BCUT2D eigenvalue weighted by Crippen LogP contribution is -2.39. The highest BCUT2D eigenvalue weighted by molar-refractivity contribution is 5.77. The van der Waals surface area contributed by atoms with Gasteiger partial charge in [0.25, 0.3) is 0 Å². The summed E-state index contributed by atoms with van der Waals surface area (Å²) in [6, 6.07) is 0. The van der Waals surface area contributed by atoms with E-state index in [9.17, 15) is 9.59 Å². The number of carbonyl (C=O) groups is 2. The number of aliphatic carboxylic acids is 1. The van der Waals surface area contributed by atoms with Gasteiger partial charge >= 0.3 is 5.97 Å². The average Bonchev–Trinajstić information content (AvgIpc) is 2.63. The molecule has 0 fully saturated rings. The molecule has 6 heteroatoms. The first-order chi connectivity index (χ1) is 13.5. The van der Waals surface area contributed by atoms with Gasteiger partial charge in [-0.2, -0.15) is 0 Å². The van der Waals surface area contributed by atoms with E-state index in [4.69, 9.17) is 5.11 Å². The van der Waals surface area contributed by atoms with E-state index in [-0.39, 0.29) is 12.5 Å². The lowest BCUT2D eigenvalue weighted by molar-refractivity contribution is -0.138. The van der Waals surface area contributed by atoms with Gasteiger partial charge in [-0.3, -0.25) is 19.4 Å². The van der Waals surface area contributed by atoms with Crippen molar-refractivity contribution >= 4 is 11.9 Å². The van der Waals surface area contributed by atoms with Crippen molar-refractivity contribution in [3.63, 3.8) is 0 Å². The molecule has 166 valence electrons. The zero-order valence-electron chi connectivity index (χ0n) is 18.7. The predicted molar refractivity (Wildman–Crippen MR) is 117 cm³/mol. The quantitative estimate of drug-likeness (QED) is 0.305. The van der Waals surface area contributed by atoms with Crippen molar-refractivity contribution in [2.24, 2.45) is 0 Å². The molecule has 2 N–H and O–H groups in total. The van der Waals surface area contributed by atoms with Gasteiger partial charge in [-0.05, 0) is 20.5 Å². The summed E-state index contributed by atoms with van der Waals surface area (Å²) >= 11 is 0. The fraction of sp³-hybridized carbons (Fsp3) is 0.909. The van der Waals surface area contributed by atoms with E-state index < -0.39 is 5.97 Å². The van der Waals surface area contributed by atoms with Crippen LogP contribution in [0.4, 0.5) is 0 Å². The molecule has 0 atom stereocenters. The third-order valence-electron chi connectivity index (χ3n) is 5.03. The van der Waals surface area contributed by atoms with Crippen molar-refractivity contribution in [2.75, 3.05) is 46.8 Å². The number of nitrogens with one attached hydrogen (secondary N) is 1. The summed E-state index contributed by atoms with van der Waals surface area (Å²) in [6.07, 6.45) is 15.8. The Balaban J connectivity index is 3.39. The van der Waals surface area contributed by atoms with Crippen LogP contribution >= 0.6 is 0 Å². The van der Waals surface area contributed by atoms with Crippen molar-refractivity contribution in [3.8, 4) is 0 Å². The summed E-state index contributed by atoms with van der Waals surface area (Å²) in [6.45, 7) is 4.71. The Morgan fingerprint density at radius 3 is 1.61 bits per heavy atom. The van der Waals surface area contributed by atoms with Gasteiger partial charge in [-0.1, -0.05) is 77.6 Å². The highest BCUT2D eigenvalue weighted by atomic mass is 16.4. The molecule has 0 spiro atoms. The number of carboxylic acid groups (broad SMARTS) is 1. The fourth-order valence-electron chi connectivity index (χ4n) is 3.23. The third-order valence-corrected chi connectivity index (χ3v) is 5.03. The van der Waals surface area contributed by atoms with E-state index in [0.717, 1.165) is 13.0 Å². The molecular formula is C22H45N3O3. The summed E-state index contributed by atoms with van der Waals surface area (Å²) in [5.41, 5.74) is 0. The van der Waals surface area contributed by atoms with Gasteiger partial charge in [-0.25, -0.2) is 0 Å². The summed E-state index contributed by atoms with van der Waals surface area (Å²) in [4.78, 5) is 26.2. The van der Waals surface area contributed by atoms with Crippen LogP contribution < -0.4 is 5.32 Å². The van der Waals surface area contributed by atoms with Crippen LogP contribution in [0.2, 0.25) is 0 Å². The third kappa shape index (κ3) is 19.6. The van der Waals surface area contributed by atoms with Gasteiger partial charge < -0.3 is 10.4 Å². The first kappa shape index (κ1) is 26.9. The second kappa shape index (κ2) is 19.2. The number of hydrogen-bond acceptors (Lipinski definition) is 4. The topological polar surface area (TPSA) is 72.9 Å². The lowest BCUT2D eigenvalue weighted by Gasteiger charge is -2.20. The summed E-state index contributed by atoms with van der Waals surface area (Å²) in [5, 5.41) is 11.7. The maximum absolute atomic E-state index is 11.9. The van der Waals surface area contributed by atoms with Crippen LogP contribution in [0.3, 0.4) is 0 Å². The number of nitrogens with zero attached hydrogens (tertiary/aromatic N) is 2. The van der Waals surface area contributed by atoms with E-state index in [2.05, 4.69) is 12.2 Å². The largest absolute Gasteiger partial charge is 0.480 e. The van der Waals surface area contributed by atoms with Crippen LogP contribution in [-0.2, 0) is 9.59 Å². The molecule has 0 saturated heterocycles. The molecular weight excluding hydrogens is 354 g/mol. The minimum atomic E-state index is -0.828. The molecule has 0 radical (unpaired) electrons. The van der Waals surface area contributed by atoms with Crippen molar-refractivity contribution in [1.29, 1.82) is 0 Å². The van der Waals surface area contributed by atoms with Crippen molar-refractivity contribution in [3.05, 3.63) is 0 Å².